The molecule has 1 N–H and O–H groups in total. The van der Waals surface area contributed by atoms with Crippen molar-refractivity contribution in [2.24, 2.45) is 0 Å². The summed E-state index contributed by atoms with van der Waals surface area (Å²) < 4.78 is 1.30. The molecule has 0 aromatic rings. The van der Waals surface area contributed by atoms with Gasteiger partial charge in [0.2, 0.25) is 0 Å². The van der Waals surface area contributed by atoms with Gasteiger partial charge in [-0.05, 0) is 13.3 Å². The van der Waals surface area contributed by atoms with E-state index in [0.29, 0.717) is 6.42 Å². The highest BCUT2D eigenvalue weighted by Gasteiger charge is 2.47. The molecule has 1 heterocycles. The fourth-order valence-electron chi connectivity index (χ4n) is 1.33. The van der Waals surface area contributed by atoms with E-state index in [1.807, 2.05) is 0 Å². The van der Waals surface area contributed by atoms with Crippen molar-refractivity contribution in [3.05, 3.63) is 0 Å². The lowest BCUT2D eigenvalue weighted by Crippen LogP contribution is -2.41. The third-order valence-corrected chi connectivity index (χ3v) is 3.44. The van der Waals surface area contributed by atoms with Crippen LogP contribution in [0.4, 0.5) is 4.79 Å². The van der Waals surface area contributed by atoms with Crippen LogP contribution >= 0.6 is 16.1 Å². The van der Waals surface area contributed by atoms with E-state index in [1.54, 1.807) is 6.92 Å². The molecule has 0 bridgehead atoms. The second-order valence-electron chi connectivity index (χ2n) is 3.42. The van der Waals surface area contributed by atoms with Crippen LogP contribution in [-0.2, 0) is 4.79 Å². The summed E-state index contributed by atoms with van der Waals surface area (Å²) in [6.07, 6.45) is 2.63. The molecule has 0 aromatic carbocycles. The van der Waals surface area contributed by atoms with Gasteiger partial charge >= 0.3 is 6.03 Å². The van der Waals surface area contributed by atoms with Crippen molar-refractivity contribution in [1.29, 1.82) is 0 Å². The van der Waals surface area contributed by atoms with Crippen molar-refractivity contribution in [2.75, 3.05) is 0 Å². The molecule has 0 aliphatic carbocycles. The molecular formula is C8H13BrN2O2. The van der Waals surface area contributed by atoms with Crippen LogP contribution < -0.4 is 5.32 Å². The Hall–Kier alpha value is -0.580. The normalized spacial score (nSPS) is 28.1. The number of hydrogen-bond donors (Lipinski definition) is 1. The third kappa shape index (κ3) is 1.70. The van der Waals surface area contributed by atoms with Crippen LogP contribution in [0.3, 0.4) is 0 Å². The molecular weight excluding hydrogens is 236 g/mol. The van der Waals surface area contributed by atoms with E-state index in [1.165, 1.54) is 3.93 Å². The van der Waals surface area contributed by atoms with Crippen LogP contribution in [0, 0.1) is 0 Å². The molecule has 0 aromatic heterocycles. The van der Waals surface area contributed by atoms with E-state index in [2.05, 4.69) is 28.4 Å². The van der Waals surface area contributed by atoms with Gasteiger partial charge in [-0.25, -0.2) is 8.72 Å². The molecule has 5 heteroatoms. The monoisotopic (exact) mass is 248 g/mol. The van der Waals surface area contributed by atoms with Gasteiger partial charge in [0, 0.05) is 0 Å². The number of rotatable bonds is 3. The van der Waals surface area contributed by atoms with Gasteiger partial charge in [0.05, 0.1) is 16.1 Å². The second kappa shape index (κ2) is 3.65. The number of unbranched alkanes of at least 4 members (excludes halogenated alkanes) is 1. The fourth-order valence-corrected chi connectivity index (χ4v) is 1.75. The van der Waals surface area contributed by atoms with Gasteiger partial charge in [-0.1, -0.05) is 19.8 Å². The molecule has 1 saturated heterocycles. The van der Waals surface area contributed by atoms with E-state index in [4.69, 9.17) is 0 Å². The van der Waals surface area contributed by atoms with Gasteiger partial charge < -0.3 is 0 Å². The zero-order chi connectivity index (χ0) is 10.1. The Bertz CT molecular complexity index is 244. The summed E-state index contributed by atoms with van der Waals surface area (Å²) in [7, 11) is 0. The smallest absolute Gasteiger partial charge is 0.275 e. The van der Waals surface area contributed by atoms with Crippen LogP contribution in [0.15, 0.2) is 0 Å². The highest BCUT2D eigenvalue weighted by molar-refractivity contribution is 9.07. The zero-order valence-corrected chi connectivity index (χ0v) is 9.35. The topological polar surface area (TPSA) is 49.4 Å². The minimum Gasteiger partial charge on any atom is -0.275 e. The summed E-state index contributed by atoms with van der Waals surface area (Å²) >= 11 is 3.10. The van der Waals surface area contributed by atoms with Gasteiger partial charge in [-0.2, -0.15) is 0 Å². The molecule has 3 amide bonds. The highest BCUT2D eigenvalue weighted by atomic mass is 79.9. The quantitative estimate of drug-likeness (QED) is 0.612. The maximum absolute atomic E-state index is 11.4. The summed E-state index contributed by atoms with van der Waals surface area (Å²) in [6.45, 7) is 3.81. The van der Waals surface area contributed by atoms with Crippen molar-refractivity contribution >= 4 is 28.1 Å². The Kier molecular flexibility index (Phi) is 2.95. The predicted molar refractivity (Wildman–Crippen MR) is 52.2 cm³/mol. The first-order chi connectivity index (χ1) is 6.02. The fraction of sp³-hybridized carbons (Fsp3) is 0.750. The number of amides is 3. The second-order valence-corrected chi connectivity index (χ2v) is 4.13. The molecule has 0 spiro atoms. The van der Waals surface area contributed by atoms with E-state index in [0.717, 1.165) is 12.8 Å². The Morgan fingerprint density at radius 2 is 2.15 bits per heavy atom. The summed E-state index contributed by atoms with van der Waals surface area (Å²) in [5.41, 5.74) is -0.715. The number of nitrogens with one attached hydrogen (secondary N) is 1. The molecule has 1 atom stereocenters. The van der Waals surface area contributed by atoms with E-state index >= 15 is 0 Å². The van der Waals surface area contributed by atoms with Gasteiger partial charge in [0.15, 0.2) is 0 Å². The number of carbonyl (C=O) groups excluding carboxylic acids is 2. The number of carbonyl (C=O) groups is 2. The van der Waals surface area contributed by atoms with Crippen molar-refractivity contribution in [2.45, 2.75) is 38.6 Å². The van der Waals surface area contributed by atoms with Gasteiger partial charge in [-0.15, -0.1) is 0 Å². The summed E-state index contributed by atoms with van der Waals surface area (Å²) in [5, 5.41) is 2.27. The summed E-state index contributed by atoms with van der Waals surface area (Å²) in [6, 6.07) is -0.372. The summed E-state index contributed by atoms with van der Waals surface area (Å²) in [5.74, 6) is -0.220. The molecule has 1 unspecified atom stereocenters. The lowest BCUT2D eigenvalue weighted by Gasteiger charge is -2.25. The number of nitrogens with zero attached hydrogens (tertiary/aromatic N) is 1. The molecule has 1 rings (SSSR count). The number of hydrogen-bond acceptors (Lipinski definition) is 2. The minimum atomic E-state index is -0.715. The maximum atomic E-state index is 11.4. The first-order valence-corrected chi connectivity index (χ1v) is 5.04. The first kappa shape index (κ1) is 10.5. The molecule has 1 fully saturated rings. The standard InChI is InChI=1S/C8H13BrN2O2/c1-3-4-5-8(2)6(12)10-7(13)11(8)9/h3-5H2,1-2H3,(H,10,12,13). The molecule has 13 heavy (non-hydrogen) atoms. The Labute approximate surface area is 86.0 Å². The van der Waals surface area contributed by atoms with Gasteiger partial charge in [0.1, 0.15) is 5.54 Å². The SMILES string of the molecule is CCCCC1(C)C(=O)NC(=O)N1Br. The Morgan fingerprint density at radius 3 is 2.54 bits per heavy atom. The highest BCUT2D eigenvalue weighted by Crippen LogP contribution is 2.29. The van der Waals surface area contributed by atoms with E-state index < -0.39 is 5.54 Å². The van der Waals surface area contributed by atoms with E-state index in [9.17, 15) is 9.59 Å². The zero-order valence-electron chi connectivity index (χ0n) is 7.76. The summed E-state index contributed by atoms with van der Waals surface area (Å²) in [4.78, 5) is 22.5. The van der Waals surface area contributed by atoms with Crippen LogP contribution in [0.2, 0.25) is 0 Å². The average Bonchev–Trinajstić information content (AvgIpc) is 2.28. The van der Waals surface area contributed by atoms with Crippen molar-refractivity contribution < 1.29 is 9.59 Å². The molecule has 74 valence electrons. The lowest BCUT2D eigenvalue weighted by atomic mass is 9.95. The maximum Gasteiger partial charge on any atom is 0.335 e. The van der Waals surface area contributed by atoms with Gasteiger partial charge in [-0.3, -0.25) is 10.1 Å². The number of urea groups is 1. The molecule has 1 aliphatic rings. The van der Waals surface area contributed by atoms with Crippen molar-refractivity contribution in [3.63, 3.8) is 0 Å². The van der Waals surface area contributed by atoms with Gasteiger partial charge in [0.25, 0.3) is 5.91 Å². The van der Waals surface area contributed by atoms with Crippen LogP contribution in [0.5, 0.6) is 0 Å². The molecule has 1 aliphatic heterocycles. The van der Waals surface area contributed by atoms with Crippen molar-refractivity contribution in [3.8, 4) is 0 Å². The van der Waals surface area contributed by atoms with Crippen molar-refractivity contribution in [1.82, 2.24) is 9.24 Å². The van der Waals surface area contributed by atoms with Crippen LogP contribution in [0.25, 0.3) is 0 Å². The number of imide groups is 1. The molecule has 0 radical (unpaired) electrons. The Balaban J connectivity index is 2.75. The first-order valence-electron chi connectivity index (χ1n) is 4.34. The predicted octanol–water partition coefficient (Wildman–Crippen LogP) is 1.80. The third-order valence-electron chi connectivity index (χ3n) is 2.34. The van der Waals surface area contributed by atoms with Crippen LogP contribution in [-0.4, -0.2) is 21.4 Å². The average molecular weight is 249 g/mol. The molecule has 4 nitrogen and oxygen atoms in total. The minimum absolute atomic E-state index is 0.220. The lowest BCUT2D eigenvalue weighted by molar-refractivity contribution is -0.124. The van der Waals surface area contributed by atoms with Crippen LogP contribution in [0.1, 0.15) is 33.1 Å². The molecule has 0 saturated carbocycles. The number of halogens is 1. The Morgan fingerprint density at radius 1 is 1.54 bits per heavy atom. The van der Waals surface area contributed by atoms with E-state index in [-0.39, 0.29) is 11.9 Å². The largest absolute Gasteiger partial charge is 0.335 e.